The standard InChI is InChI=1S/C17H21N3O/c1-12-5-3-7-14-15(8-9-19-16(12)14)20-10-4-6-13(11-20)17(21)18-2/h3,5,7-9,13H,4,6,10-11H2,1-2H3,(H,18,21). The van der Waals surface area contributed by atoms with E-state index in [4.69, 9.17) is 0 Å². The summed E-state index contributed by atoms with van der Waals surface area (Å²) < 4.78 is 0. The van der Waals surface area contributed by atoms with Crippen LogP contribution in [-0.2, 0) is 4.79 Å². The molecule has 110 valence electrons. The number of amides is 1. The smallest absolute Gasteiger partial charge is 0.224 e. The van der Waals surface area contributed by atoms with Crippen LogP contribution in [0.5, 0.6) is 0 Å². The minimum atomic E-state index is 0.0803. The van der Waals surface area contributed by atoms with Gasteiger partial charge in [0, 0.05) is 37.4 Å². The molecule has 0 bridgehead atoms. The average Bonchev–Trinajstić information content (AvgIpc) is 2.54. The Hall–Kier alpha value is -2.10. The van der Waals surface area contributed by atoms with Gasteiger partial charge in [0.25, 0.3) is 0 Å². The maximum Gasteiger partial charge on any atom is 0.224 e. The summed E-state index contributed by atoms with van der Waals surface area (Å²) in [5.41, 5.74) is 3.43. The first kappa shape index (κ1) is 13.9. The summed E-state index contributed by atoms with van der Waals surface area (Å²) in [6.45, 7) is 3.87. The number of piperidine rings is 1. The van der Waals surface area contributed by atoms with Crippen molar-refractivity contribution < 1.29 is 4.79 Å². The molecule has 2 heterocycles. The van der Waals surface area contributed by atoms with E-state index in [2.05, 4.69) is 46.4 Å². The zero-order chi connectivity index (χ0) is 14.8. The number of carbonyl (C=O) groups excluding carboxylic acids is 1. The molecule has 0 aliphatic carbocycles. The maximum atomic E-state index is 11.9. The van der Waals surface area contributed by atoms with Crippen LogP contribution in [0.25, 0.3) is 10.9 Å². The lowest BCUT2D eigenvalue weighted by Crippen LogP contribution is -2.42. The van der Waals surface area contributed by atoms with Crippen molar-refractivity contribution in [3.63, 3.8) is 0 Å². The Labute approximate surface area is 125 Å². The zero-order valence-electron chi connectivity index (χ0n) is 12.6. The van der Waals surface area contributed by atoms with Crippen molar-refractivity contribution >= 4 is 22.5 Å². The van der Waals surface area contributed by atoms with Gasteiger partial charge in [-0.1, -0.05) is 18.2 Å². The van der Waals surface area contributed by atoms with Gasteiger partial charge in [-0.3, -0.25) is 9.78 Å². The van der Waals surface area contributed by atoms with Crippen molar-refractivity contribution in [2.45, 2.75) is 19.8 Å². The lowest BCUT2D eigenvalue weighted by molar-refractivity contribution is -0.124. The number of aromatic nitrogens is 1. The summed E-state index contributed by atoms with van der Waals surface area (Å²) in [6.07, 6.45) is 3.89. The number of nitrogens with one attached hydrogen (secondary N) is 1. The number of hydrogen-bond acceptors (Lipinski definition) is 3. The van der Waals surface area contributed by atoms with Crippen LogP contribution in [0.1, 0.15) is 18.4 Å². The van der Waals surface area contributed by atoms with Crippen LogP contribution in [0, 0.1) is 12.8 Å². The van der Waals surface area contributed by atoms with Crippen LogP contribution in [0.15, 0.2) is 30.5 Å². The Morgan fingerprint density at radius 2 is 2.24 bits per heavy atom. The molecule has 1 amide bonds. The third-order valence-corrected chi connectivity index (χ3v) is 4.33. The van der Waals surface area contributed by atoms with E-state index >= 15 is 0 Å². The van der Waals surface area contributed by atoms with E-state index in [0.717, 1.165) is 31.4 Å². The Kier molecular flexibility index (Phi) is 3.78. The Morgan fingerprint density at radius 3 is 3.05 bits per heavy atom. The van der Waals surface area contributed by atoms with Gasteiger partial charge >= 0.3 is 0 Å². The van der Waals surface area contributed by atoms with Gasteiger partial charge in [0.2, 0.25) is 5.91 Å². The highest BCUT2D eigenvalue weighted by Gasteiger charge is 2.26. The molecule has 1 aromatic carbocycles. The molecule has 4 heteroatoms. The van der Waals surface area contributed by atoms with E-state index in [0.29, 0.717) is 0 Å². The number of rotatable bonds is 2. The molecule has 1 aliphatic heterocycles. The topological polar surface area (TPSA) is 45.2 Å². The Morgan fingerprint density at radius 1 is 1.38 bits per heavy atom. The van der Waals surface area contributed by atoms with Gasteiger partial charge in [0.15, 0.2) is 0 Å². The van der Waals surface area contributed by atoms with Crippen LogP contribution in [-0.4, -0.2) is 31.0 Å². The van der Waals surface area contributed by atoms with Gasteiger partial charge in [-0.05, 0) is 31.4 Å². The quantitative estimate of drug-likeness (QED) is 0.921. The largest absolute Gasteiger partial charge is 0.370 e. The third kappa shape index (κ3) is 2.58. The minimum Gasteiger partial charge on any atom is -0.370 e. The number of pyridine rings is 1. The molecule has 1 saturated heterocycles. The van der Waals surface area contributed by atoms with Crippen molar-refractivity contribution in [1.82, 2.24) is 10.3 Å². The SMILES string of the molecule is CNC(=O)C1CCCN(c2ccnc3c(C)cccc23)C1. The van der Waals surface area contributed by atoms with E-state index in [1.807, 2.05) is 6.20 Å². The predicted octanol–water partition coefficient (Wildman–Crippen LogP) is 2.51. The van der Waals surface area contributed by atoms with Gasteiger partial charge in [-0.25, -0.2) is 0 Å². The molecule has 3 rings (SSSR count). The van der Waals surface area contributed by atoms with E-state index in [1.165, 1.54) is 16.6 Å². The highest BCUT2D eigenvalue weighted by Crippen LogP contribution is 2.30. The first-order valence-electron chi connectivity index (χ1n) is 7.51. The maximum absolute atomic E-state index is 11.9. The number of nitrogens with zero attached hydrogens (tertiary/aromatic N) is 2. The van der Waals surface area contributed by atoms with Gasteiger partial charge < -0.3 is 10.2 Å². The van der Waals surface area contributed by atoms with Crippen LogP contribution in [0.2, 0.25) is 0 Å². The Bertz CT molecular complexity index is 668. The van der Waals surface area contributed by atoms with Crippen molar-refractivity contribution in [2.75, 3.05) is 25.0 Å². The molecular formula is C17H21N3O. The van der Waals surface area contributed by atoms with Crippen LogP contribution in [0.3, 0.4) is 0 Å². The fourth-order valence-electron chi connectivity index (χ4n) is 3.20. The van der Waals surface area contributed by atoms with Gasteiger partial charge in [0.1, 0.15) is 0 Å². The molecule has 4 nitrogen and oxygen atoms in total. The molecule has 1 aliphatic rings. The molecule has 1 unspecified atom stereocenters. The van der Waals surface area contributed by atoms with Gasteiger partial charge in [-0.2, -0.15) is 0 Å². The van der Waals surface area contributed by atoms with Crippen LogP contribution < -0.4 is 10.2 Å². The lowest BCUT2D eigenvalue weighted by atomic mass is 9.96. The minimum absolute atomic E-state index is 0.0803. The summed E-state index contributed by atoms with van der Waals surface area (Å²) in [4.78, 5) is 18.7. The monoisotopic (exact) mass is 283 g/mol. The van der Waals surface area contributed by atoms with Crippen molar-refractivity contribution in [1.29, 1.82) is 0 Å². The number of anilines is 1. The average molecular weight is 283 g/mol. The fourth-order valence-corrected chi connectivity index (χ4v) is 3.20. The summed E-state index contributed by atoms with van der Waals surface area (Å²) in [5.74, 6) is 0.228. The molecular weight excluding hydrogens is 262 g/mol. The first-order valence-corrected chi connectivity index (χ1v) is 7.51. The Balaban J connectivity index is 1.97. The van der Waals surface area contributed by atoms with E-state index in [-0.39, 0.29) is 11.8 Å². The number of hydrogen-bond donors (Lipinski definition) is 1. The highest BCUT2D eigenvalue weighted by molar-refractivity contribution is 5.93. The zero-order valence-corrected chi connectivity index (χ0v) is 12.6. The lowest BCUT2D eigenvalue weighted by Gasteiger charge is -2.34. The second kappa shape index (κ2) is 5.72. The molecule has 1 atom stereocenters. The number of para-hydroxylation sites is 1. The molecule has 0 radical (unpaired) electrons. The normalized spacial score (nSPS) is 18.8. The number of fused-ring (bicyclic) bond motifs is 1. The van der Waals surface area contributed by atoms with Crippen LogP contribution in [0.4, 0.5) is 5.69 Å². The molecule has 1 aromatic heterocycles. The summed E-state index contributed by atoms with van der Waals surface area (Å²) in [6, 6.07) is 8.34. The van der Waals surface area contributed by atoms with Gasteiger partial charge in [-0.15, -0.1) is 0 Å². The van der Waals surface area contributed by atoms with Gasteiger partial charge in [0.05, 0.1) is 11.4 Å². The third-order valence-electron chi connectivity index (χ3n) is 4.33. The van der Waals surface area contributed by atoms with Crippen molar-refractivity contribution in [2.24, 2.45) is 5.92 Å². The molecule has 1 N–H and O–H groups in total. The fraction of sp³-hybridized carbons (Fsp3) is 0.412. The summed E-state index contributed by atoms with van der Waals surface area (Å²) in [7, 11) is 1.71. The summed E-state index contributed by atoms with van der Waals surface area (Å²) >= 11 is 0. The molecule has 1 fully saturated rings. The highest BCUT2D eigenvalue weighted by atomic mass is 16.1. The molecule has 21 heavy (non-hydrogen) atoms. The molecule has 0 spiro atoms. The van der Waals surface area contributed by atoms with E-state index < -0.39 is 0 Å². The number of aryl methyl sites for hydroxylation is 1. The molecule has 0 saturated carbocycles. The second-order valence-corrected chi connectivity index (χ2v) is 5.70. The van der Waals surface area contributed by atoms with Crippen molar-refractivity contribution in [3.05, 3.63) is 36.0 Å². The number of benzene rings is 1. The predicted molar refractivity (Wildman–Crippen MR) is 85.5 cm³/mol. The van der Waals surface area contributed by atoms with E-state index in [1.54, 1.807) is 7.05 Å². The van der Waals surface area contributed by atoms with Crippen LogP contribution >= 0.6 is 0 Å². The molecule has 2 aromatic rings. The summed E-state index contributed by atoms with van der Waals surface area (Å²) in [5, 5.41) is 3.95. The number of carbonyl (C=O) groups is 1. The van der Waals surface area contributed by atoms with Crippen molar-refractivity contribution in [3.8, 4) is 0 Å². The second-order valence-electron chi connectivity index (χ2n) is 5.70. The van der Waals surface area contributed by atoms with E-state index in [9.17, 15) is 4.79 Å². The first-order chi connectivity index (χ1) is 10.2.